The lowest BCUT2D eigenvalue weighted by molar-refractivity contribution is -0.143. The van der Waals surface area contributed by atoms with Crippen molar-refractivity contribution in [2.75, 3.05) is 20.3 Å². The smallest absolute Gasteiger partial charge is 0.326 e. The van der Waals surface area contributed by atoms with Crippen LogP contribution >= 0.6 is 0 Å². The molecule has 0 heterocycles. The van der Waals surface area contributed by atoms with E-state index in [4.69, 9.17) is 9.47 Å². The molecule has 2 rings (SSSR count). The van der Waals surface area contributed by atoms with Gasteiger partial charge in [-0.2, -0.15) is 0 Å². The minimum Gasteiger partial charge on any atom is -0.491 e. The molecule has 4 heteroatoms. The first-order chi connectivity index (χ1) is 10.3. The molecular weight excluding hydrogens is 266 g/mol. The number of benzene rings is 2. The predicted molar refractivity (Wildman–Crippen MR) is 83.5 cm³/mol. The minimum absolute atomic E-state index is 0.251. The Kier molecular flexibility index (Phi) is 5.58. The molecule has 112 valence electrons. The zero-order valence-corrected chi connectivity index (χ0v) is 12.5. The average Bonchev–Trinajstić information content (AvgIpc) is 2.54. The molecule has 2 aromatic carbocycles. The molecule has 0 amide bonds. The SMILES string of the molecule is CCCNC(COc1cccc2ccccc12)C(=O)OC. The number of carbonyl (C=O) groups is 1. The zero-order valence-electron chi connectivity index (χ0n) is 12.5. The molecule has 0 radical (unpaired) electrons. The van der Waals surface area contributed by atoms with Gasteiger partial charge in [-0.1, -0.05) is 43.3 Å². The normalized spacial score (nSPS) is 12.1. The fourth-order valence-corrected chi connectivity index (χ4v) is 2.17. The lowest BCUT2D eigenvalue weighted by Gasteiger charge is -2.17. The van der Waals surface area contributed by atoms with E-state index in [1.165, 1.54) is 7.11 Å². The van der Waals surface area contributed by atoms with Gasteiger partial charge in [-0.05, 0) is 24.4 Å². The van der Waals surface area contributed by atoms with Crippen LogP contribution in [0.1, 0.15) is 13.3 Å². The van der Waals surface area contributed by atoms with Crippen molar-refractivity contribution in [3.8, 4) is 5.75 Å². The van der Waals surface area contributed by atoms with Crippen LogP contribution in [0.3, 0.4) is 0 Å². The predicted octanol–water partition coefficient (Wildman–Crippen LogP) is 2.76. The third-order valence-corrected chi connectivity index (χ3v) is 3.28. The van der Waals surface area contributed by atoms with Crippen LogP contribution in [-0.2, 0) is 9.53 Å². The summed E-state index contributed by atoms with van der Waals surface area (Å²) in [6, 6.07) is 13.5. The van der Waals surface area contributed by atoms with Crippen LogP contribution in [0.15, 0.2) is 42.5 Å². The van der Waals surface area contributed by atoms with Gasteiger partial charge in [-0.15, -0.1) is 0 Å². The second-order valence-electron chi connectivity index (χ2n) is 4.82. The summed E-state index contributed by atoms with van der Waals surface area (Å²) in [6.45, 7) is 3.05. The van der Waals surface area contributed by atoms with Gasteiger partial charge < -0.3 is 14.8 Å². The van der Waals surface area contributed by atoms with E-state index in [2.05, 4.69) is 5.32 Å². The Morgan fingerprint density at radius 1 is 1.19 bits per heavy atom. The molecule has 1 N–H and O–H groups in total. The lowest BCUT2D eigenvalue weighted by Crippen LogP contribution is -2.42. The Morgan fingerprint density at radius 3 is 2.71 bits per heavy atom. The lowest BCUT2D eigenvalue weighted by atomic mass is 10.1. The third-order valence-electron chi connectivity index (χ3n) is 3.28. The van der Waals surface area contributed by atoms with Crippen molar-refractivity contribution in [3.05, 3.63) is 42.5 Å². The zero-order chi connectivity index (χ0) is 15.1. The summed E-state index contributed by atoms with van der Waals surface area (Å²) >= 11 is 0. The van der Waals surface area contributed by atoms with Crippen molar-refractivity contribution < 1.29 is 14.3 Å². The van der Waals surface area contributed by atoms with Crippen molar-refractivity contribution in [2.24, 2.45) is 0 Å². The molecule has 1 unspecified atom stereocenters. The Balaban J connectivity index is 2.10. The summed E-state index contributed by atoms with van der Waals surface area (Å²) in [7, 11) is 1.39. The highest BCUT2D eigenvalue weighted by Gasteiger charge is 2.19. The molecule has 21 heavy (non-hydrogen) atoms. The van der Waals surface area contributed by atoms with E-state index in [0.717, 1.165) is 29.5 Å². The van der Waals surface area contributed by atoms with Crippen LogP contribution in [0, 0.1) is 0 Å². The van der Waals surface area contributed by atoms with Gasteiger partial charge in [0.2, 0.25) is 0 Å². The molecule has 0 saturated heterocycles. The quantitative estimate of drug-likeness (QED) is 0.795. The van der Waals surface area contributed by atoms with Crippen LogP contribution in [0.2, 0.25) is 0 Å². The first-order valence-corrected chi connectivity index (χ1v) is 7.18. The molecule has 0 aromatic heterocycles. The molecule has 0 aliphatic rings. The van der Waals surface area contributed by atoms with Gasteiger partial charge >= 0.3 is 5.97 Å². The van der Waals surface area contributed by atoms with Crippen LogP contribution in [-0.4, -0.2) is 32.3 Å². The number of fused-ring (bicyclic) bond motifs is 1. The maximum absolute atomic E-state index is 11.7. The van der Waals surface area contributed by atoms with Crippen molar-refractivity contribution in [3.63, 3.8) is 0 Å². The van der Waals surface area contributed by atoms with E-state index in [1.54, 1.807) is 0 Å². The number of hydrogen-bond acceptors (Lipinski definition) is 4. The molecule has 2 aromatic rings. The van der Waals surface area contributed by atoms with Gasteiger partial charge in [-0.3, -0.25) is 4.79 Å². The van der Waals surface area contributed by atoms with E-state index >= 15 is 0 Å². The van der Waals surface area contributed by atoms with Crippen molar-refractivity contribution in [1.29, 1.82) is 0 Å². The van der Waals surface area contributed by atoms with Crippen molar-refractivity contribution in [1.82, 2.24) is 5.32 Å². The molecular formula is C17H21NO3. The fraction of sp³-hybridized carbons (Fsp3) is 0.353. The van der Waals surface area contributed by atoms with Gasteiger partial charge in [0, 0.05) is 5.39 Å². The molecule has 0 fully saturated rings. The van der Waals surface area contributed by atoms with E-state index in [9.17, 15) is 4.79 Å². The Morgan fingerprint density at radius 2 is 1.95 bits per heavy atom. The third kappa shape index (κ3) is 3.95. The monoisotopic (exact) mass is 287 g/mol. The van der Waals surface area contributed by atoms with E-state index in [0.29, 0.717) is 0 Å². The van der Waals surface area contributed by atoms with E-state index in [-0.39, 0.29) is 12.6 Å². The molecule has 0 aliphatic heterocycles. The first kappa shape index (κ1) is 15.3. The van der Waals surface area contributed by atoms with Crippen molar-refractivity contribution >= 4 is 16.7 Å². The second-order valence-corrected chi connectivity index (χ2v) is 4.82. The number of methoxy groups -OCH3 is 1. The standard InChI is InChI=1S/C17H21NO3/c1-3-11-18-15(17(19)20-2)12-21-16-10-6-8-13-7-4-5-9-14(13)16/h4-10,15,18H,3,11-12H2,1-2H3. The first-order valence-electron chi connectivity index (χ1n) is 7.18. The number of hydrogen-bond donors (Lipinski definition) is 1. The summed E-state index contributed by atoms with van der Waals surface area (Å²) in [5.41, 5.74) is 0. The number of rotatable bonds is 7. The molecule has 4 nitrogen and oxygen atoms in total. The number of nitrogens with one attached hydrogen (secondary N) is 1. The largest absolute Gasteiger partial charge is 0.491 e. The summed E-state index contributed by atoms with van der Waals surface area (Å²) < 4.78 is 10.6. The van der Waals surface area contributed by atoms with Crippen LogP contribution in [0.5, 0.6) is 5.75 Å². The minimum atomic E-state index is -0.450. The maximum atomic E-state index is 11.7. The number of ether oxygens (including phenoxy) is 2. The number of carbonyl (C=O) groups excluding carboxylic acids is 1. The van der Waals surface area contributed by atoms with Crippen molar-refractivity contribution in [2.45, 2.75) is 19.4 Å². The topological polar surface area (TPSA) is 47.6 Å². The summed E-state index contributed by atoms with van der Waals surface area (Å²) in [6.07, 6.45) is 0.946. The summed E-state index contributed by atoms with van der Waals surface area (Å²) in [4.78, 5) is 11.7. The van der Waals surface area contributed by atoms with Gasteiger partial charge in [0.25, 0.3) is 0 Å². The van der Waals surface area contributed by atoms with Gasteiger partial charge in [0.1, 0.15) is 18.4 Å². The Hall–Kier alpha value is -2.07. The molecule has 0 aliphatic carbocycles. The number of esters is 1. The van der Waals surface area contributed by atoms with E-state index in [1.807, 2.05) is 49.4 Å². The summed E-state index contributed by atoms with van der Waals surface area (Å²) in [5.74, 6) is 0.476. The highest BCUT2D eigenvalue weighted by atomic mass is 16.5. The molecule has 0 spiro atoms. The van der Waals surface area contributed by atoms with Gasteiger partial charge in [0.05, 0.1) is 7.11 Å². The molecule has 0 bridgehead atoms. The van der Waals surface area contributed by atoms with E-state index < -0.39 is 6.04 Å². The summed E-state index contributed by atoms with van der Waals surface area (Å²) in [5, 5.41) is 5.30. The highest BCUT2D eigenvalue weighted by molar-refractivity contribution is 5.88. The van der Waals surface area contributed by atoms with Gasteiger partial charge in [0.15, 0.2) is 0 Å². The average molecular weight is 287 g/mol. The van der Waals surface area contributed by atoms with Gasteiger partial charge in [-0.25, -0.2) is 0 Å². The Bertz CT molecular complexity index is 592. The Labute approximate surface area is 125 Å². The second kappa shape index (κ2) is 7.64. The molecule has 0 saturated carbocycles. The van der Waals surface area contributed by atoms with Crippen LogP contribution < -0.4 is 10.1 Å². The van der Waals surface area contributed by atoms with Crippen LogP contribution in [0.4, 0.5) is 0 Å². The highest BCUT2D eigenvalue weighted by Crippen LogP contribution is 2.25. The van der Waals surface area contributed by atoms with Crippen LogP contribution in [0.25, 0.3) is 10.8 Å². The fourth-order valence-electron chi connectivity index (χ4n) is 2.17. The molecule has 1 atom stereocenters. The maximum Gasteiger partial charge on any atom is 0.326 e.